The van der Waals surface area contributed by atoms with Crippen LogP contribution < -0.4 is 10.6 Å². The van der Waals surface area contributed by atoms with E-state index in [1.807, 2.05) is 84.9 Å². The van der Waals surface area contributed by atoms with Crippen molar-refractivity contribution in [3.8, 4) is 0 Å². The molecule has 0 radical (unpaired) electrons. The molecule has 0 saturated heterocycles. The summed E-state index contributed by atoms with van der Waals surface area (Å²) in [5.74, 6) is -0.824. The van der Waals surface area contributed by atoms with Gasteiger partial charge in [0.1, 0.15) is 6.04 Å². The molecule has 3 N–H and O–H groups in total. The fraction of sp³-hybridized carbons (Fsp3) is 0.200. The normalized spacial score (nSPS) is 12.1. The molecule has 6 heteroatoms. The number of carboxylic acid groups (broad SMARTS) is 1. The Morgan fingerprint density at radius 3 is 2.69 bits per heavy atom. The van der Waals surface area contributed by atoms with Crippen molar-refractivity contribution in [2.24, 2.45) is 0 Å². The monoisotopic (exact) mass is 499 g/mol. The number of rotatable bonds is 11. The Balaban J connectivity index is 1.43. The number of hydrogen-bond donors (Lipinski definition) is 3. The largest absolute Gasteiger partial charge is 0.480 e. The van der Waals surface area contributed by atoms with Gasteiger partial charge in [0.25, 0.3) is 0 Å². The summed E-state index contributed by atoms with van der Waals surface area (Å²) in [6, 6.07) is 25.1. The minimum Gasteiger partial charge on any atom is -0.480 e. The number of pyridine rings is 1. The lowest BCUT2D eigenvalue weighted by molar-refractivity contribution is -0.138. The number of aromatic nitrogens is 1. The van der Waals surface area contributed by atoms with E-state index in [0.29, 0.717) is 18.0 Å². The van der Waals surface area contributed by atoms with Crippen LogP contribution in [0.3, 0.4) is 0 Å². The van der Waals surface area contributed by atoms with Crippen LogP contribution in [0.5, 0.6) is 0 Å². The van der Waals surface area contributed by atoms with Gasteiger partial charge in [-0.3, -0.25) is 0 Å². The van der Waals surface area contributed by atoms with Crippen LogP contribution in [0.1, 0.15) is 43.0 Å². The molecule has 184 valence electrons. The average molecular weight is 500 g/mol. The topological polar surface area (TPSA) is 74.2 Å². The maximum Gasteiger partial charge on any atom is 0.326 e. The Hall–Kier alpha value is -3.83. The molecule has 0 aliphatic carbocycles. The summed E-state index contributed by atoms with van der Waals surface area (Å²) in [4.78, 5) is 16.4. The molecule has 1 heterocycles. The summed E-state index contributed by atoms with van der Waals surface area (Å²) in [7, 11) is 0. The number of fused-ring (bicyclic) bond motifs is 1. The maximum absolute atomic E-state index is 11.7. The predicted octanol–water partition coefficient (Wildman–Crippen LogP) is 7.73. The van der Waals surface area contributed by atoms with Gasteiger partial charge >= 0.3 is 5.97 Å². The summed E-state index contributed by atoms with van der Waals surface area (Å²) in [6.07, 6.45) is 6.45. The van der Waals surface area contributed by atoms with Gasteiger partial charge in [0.2, 0.25) is 0 Å². The third-order valence-electron chi connectivity index (χ3n) is 5.98. The van der Waals surface area contributed by atoms with Crippen LogP contribution in [0.4, 0.5) is 11.4 Å². The lowest BCUT2D eigenvalue weighted by Crippen LogP contribution is -2.29. The fourth-order valence-electron chi connectivity index (χ4n) is 4.00. The lowest BCUT2D eigenvalue weighted by Gasteiger charge is -2.19. The van der Waals surface area contributed by atoms with Gasteiger partial charge in [-0.15, -0.1) is 0 Å². The summed E-state index contributed by atoms with van der Waals surface area (Å²) < 4.78 is 0. The number of anilines is 2. The van der Waals surface area contributed by atoms with Crippen molar-refractivity contribution in [3.63, 3.8) is 0 Å². The predicted molar refractivity (Wildman–Crippen MR) is 150 cm³/mol. The third-order valence-corrected chi connectivity index (χ3v) is 6.22. The van der Waals surface area contributed by atoms with Gasteiger partial charge in [-0.25, -0.2) is 9.78 Å². The van der Waals surface area contributed by atoms with Gasteiger partial charge < -0.3 is 15.7 Å². The summed E-state index contributed by atoms with van der Waals surface area (Å²) in [6.45, 7) is 2.64. The Kier molecular flexibility index (Phi) is 8.58. The van der Waals surface area contributed by atoms with E-state index in [1.54, 1.807) is 0 Å². The summed E-state index contributed by atoms with van der Waals surface area (Å²) >= 11 is 6.11. The Labute approximate surface area is 216 Å². The second kappa shape index (κ2) is 12.2. The van der Waals surface area contributed by atoms with E-state index < -0.39 is 12.0 Å². The van der Waals surface area contributed by atoms with Crippen molar-refractivity contribution >= 4 is 52.0 Å². The van der Waals surface area contributed by atoms with Crippen molar-refractivity contribution < 1.29 is 9.90 Å². The first kappa shape index (κ1) is 25.3. The number of halogens is 1. The van der Waals surface area contributed by atoms with E-state index in [0.717, 1.165) is 51.9 Å². The molecule has 4 aromatic rings. The number of hydrogen-bond acceptors (Lipinski definition) is 4. The number of unbranched alkanes of at least 4 members (excludes halogenated alkanes) is 1. The van der Waals surface area contributed by atoms with E-state index >= 15 is 0 Å². The lowest BCUT2D eigenvalue weighted by atomic mass is 10.1. The molecule has 0 saturated carbocycles. The molecular weight excluding hydrogens is 470 g/mol. The molecule has 5 nitrogen and oxygen atoms in total. The summed E-state index contributed by atoms with van der Waals surface area (Å²) in [5, 5.41) is 18.0. The SMILES string of the molecule is CCCCC(Nc1ccccc1CNc1cccc(C=Cc2ccc3ccc(Cl)cc3n2)c1)C(=O)O. The van der Waals surface area contributed by atoms with Gasteiger partial charge in [0.05, 0.1) is 11.2 Å². The molecule has 0 aliphatic rings. The Bertz CT molecular complexity index is 1370. The van der Waals surface area contributed by atoms with E-state index in [9.17, 15) is 9.90 Å². The van der Waals surface area contributed by atoms with Crippen molar-refractivity contribution in [3.05, 3.63) is 101 Å². The van der Waals surface area contributed by atoms with Crippen LogP contribution in [0, 0.1) is 0 Å². The summed E-state index contributed by atoms with van der Waals surface area (Å²) in [5.41, 5.74) is 5.61. The molecule has 0 spiro atoms. The zero-order valence-corrected chi connectivity index (χ0v) is 21.0. The minimum absolute atomic E-state index is 0.573. The molecule has 0 aliphatic heterocycles. The van der Waals surface area contributed by atoms with Gasteiger partial charge in [-0.05, 0) is 60.0 Å². The zero-order chi connectivity index (χ0) is 25.3. The average Bonchev–Trinajstić information content (AvgIpc) is 2.89. The van der Waals surface area contributed by atoms with Crippen molar-refractivity contribution in [1.29, 1.82) is 0 Å². The van der Waals surface area contributed by atoms with Crippen LogP contribution in [0.25, 0.3) is 23.1 Å². The van der Waals surface area contributed by atoms with Gasteiger partial charge in [-0.2, -0.15) is 0 Å². The molecule has 3 aromatic carbocycles. The second-order valence-electron chi connectivity index (χ2n) is 8.72. The first-order valence-electron chi connectivity index (χ1n) is 12.2. The number of aliphatic carboxylic acids is 1. The van der Waals surface area contributed by atoms with Crippen LogP contribution in [0.15, 0.2) is 78.9 Å². The maximum atomic E-state index is 11.7. The van der Waals surface area contributed by atoms with E-state index in [1.165, 1.54) is 0 Å². The highest BCUT2D eigenvalue weighted by Gasteiger charge is 2.17. The second-order valence-corrected chi connectivity index (χ2v) is 9.16. The highest BCUT2D eigenvalue weighted by Crippen LogP contribution is 2.22. The number of para-hydroxylation sites is 1. The van der Waals surface area contributed by atoms with E-state index in [2.05, 4.69) is 28.6 Å². The van der Waals surface area contributed by atoms with Crippen LogP contribution in [-0.4, -0.2) is 22.1 Å². The third kappa shape index (κ3) is 6.86. The number of nitrogens with zero attached hydrogens (tertiary/aromatic N) is 1. The first-order valence-corrected chi connectivity index (χ1v) is 12.5. The molecule has 0 bridgehead atoms. The molecule has 36 heavy (non-hydrogen) atoms. The smallest absolute Gasteiger partial charge is 0.326 e. The highest BCUT2D eigenvalue weighted by atomic mass is 35.5. The molecule has 0 amide bonds. The van der Waals surface area contributed by atoms with Crippen molar-refractivity contribution in [2.45, 2.75) is 38.8 Å². The molecule has 1 aromatic heterocycles. The Morgan fingerprint density at radius 1 is 1.03 bits per heavy atom. The fourth-order valence-corrected chi connectivity index (χ4v) is 4.17. The molecule has 0 fully saturated rings. The van der Waals surface area contributed by atoms with E-state index in [4.69, 9.17) is 11.6 Å². The molecule has 4 rings (SSSR count). The molecule has 1 atom stereocenters. The van der Waals surface area contributed by atoms with Crippen molar-refractivity contribution in [1.82, 2.24) is 4.98 Å². The van der Waals surface area contributed by atoms with Gasteiger partial charge in [0, 0.05) is 28.3 Å². The van der Waals surface area contributed by atoms with Crippen LogP contribution >= 0.6 is 11.6 Å². The van der Waals surface area contributed by atoms with Crippen molar-refractivity contribution in [2.75, 3.05) is 10.6 Å². The molecule has 1 unspecified atom stereocenters. The number of carboxylic acids is 1. The van der Waals surface area contributed by atoms with Crippen LogP contribution in [-0.2, 0) is 11.3 Å². The van der Waals surface area contributed by atoms with E-state index in [-0.39, 0.29) is 0 Å². The number of nitrogens with one attached hydrogen (secondary N) is 2. The highest BCUT2D eigenvalue weighted by molar-refractivity contribution is 6.31. The number of carbonyl (C=O) groups is 1. The molecular formula is C30H30ClN3O2. The van der Waals surface area contributed by atoms with Gasteiger partial charge in [-0.1, -0.05) is 79.9 Å². The first-order chi connectivity index (χ1) is 17.5. The minimum atomic E-state index is -0.824. The Morgan fingerprint density at radius 2 is 1.86 bits per heavy atom. The standard InChI is InChI=1S/C30H30ClN3O2/c1-2-3-10-28(30(35)36)34-27-11-5-4-8-23(27)20-32-26-9-6-7-21(18-26)12-16-25-17-14-22-13-15-24(31)19-29(22)33-25/h4-9,11-19,28,32,34H,2-3,10,20H2,1H3,(H,35,36). The zero-order valence-electron chi connectivity index (χ0n) is 20.2. The van der Waals surface area contributed by atoms with Gasteiger partial charge in [0.15, 0.2) is 0 Å². The quantitative estimate of drug-likeness (QED) is 0.197. The van der Waals surface area contributed by atoms with Crippen LogP contribution in [0.2, 0.25) is 5.02 Å². The number of benzene rings is 3.